The number of hydrogen-bond donors (Lipinski definition) is 2. The minimum atomic E-state index is -3.81. The lowest BCUT2D eigenvalue weighted by atomic mass is 9.94. The van der Waals surface area contributed by atoms with E-state index in [0.29, 0.717) is 11.3 Å². The van der Waals surface area contributed by atoms with Crippen LogP contribution in [0.15, 0.2) is 58.8 Å². The molecule has 0 aliphatic carbocycles. The van der Waals surface area contributed by atoms with Crippen LogP contribution in [-0.4, -0.2) is 14.3 Å². The number of nitrogens with one attached hydrogen (secondary N) is 1. The SMILES string of the molecule is NS(=O)(=O)Nc1ccc(C2N=NC(=O)c3ccccc32)cc1. The van der Waals surface area contributed by atoms with Crippen molar-refractivity contribution in [3.63, 3.8) is 0 Å². The summed E-state index contributed by atoms with van der Waals surface area (Å²) in [5, 5.41) is 12.6. The summed E-state index contributed by atoms with van der Waals surface area (Å²) in [6.45, 7) is 0. The fourth-order valence-electron chi connectivity index (χ4n) is 2.30. The van der Waals surface area contributed by atoms with Gasteiger partial charge in [0.15, 0.2) is 0 Å². The summed E-state index contributed by atoms with van der Waals surface area (Å²) < 4.78 is 24.1. The molecule has 0 aromatic heterocycles. The number of hydrogen-bond acceptors (Lipinski definition) is 4. The van der Waals surface area contributed by atoms with Gasteiger partial charge in [0.05, 0.1) is 0 Å². The van der Waals surface area contributed by atoms with E-state index >= 15 is 0 Å². The first-order chi connectivity index (χ1) is 10.4. The molecule has 1 unspecified atom stereocenters. The zero-order valence-electron chi connectivity index (χ0n) is 11.3. The zero-order chi connectivity index (χ0) is 15.7. The molecule has 1 heterocycles. The van der Waals surface area contributed by atoms with Crippen LogP contribution in [0, 0.1) is 0 Å². The largest absolute Gasteiger partial charge is 0.296 e. The smallest absolute Gasteiger partial charge is 0.271 e. The molecule has 112 valence electrons. The first kappa shape index (κ1) is 14.4. The third-order valence-corrected chi connectivity index (χ3v) is 3.76. The second-order valence-corrected chi connectivity index (χ2v) is 6.07. The van der Waals surface area contributed by atoms with Crippen molar-refractivity contribution in [3.8, 4) is 0 Å². The molecule has 1 aliphatic rings. The summed E-state index contributed by atoms with van der Waals surface area (Å²) in [7, 11) is -3.81. The first-order valence-electron chi connectivity index (χ1n) is 6.39. The van der Waals surface area contributed by atoms with Crippen molar-refractivity contribution < 1.29 is 13.2 Å². The molecule has 0 spiro atoms. The summed E-state index contributed by atoms with van der Waals surface area (Å²) >= 11 is 0. The Labute approximate surface area is 127 Å². The minimum Gasteiger partial charge on any atom is -0.271 e. The molecule has 0 radical (unpaired) electrons. The molecule has 1 aliphatic heterocycles. The molecule has 7 nitrogen and oxygen atoms in total. The van der Waals surface area contributed by atoms with Gasteiger partial charge in [-0.25, -0.2) is 5.14 Å². The Hall–Kier alpha value is -2.58. The van der Waals surface area contributed by atoms with Crippen LogP contribution in [0.4, 0.5) is 5.69 Å². The van der Waals surface area contributed by atoms with E-state index in [0.717, 1.165) is 11.1 Å². The van der Waals surface area contributed by atoms with Crippen LogP contribution in [0.3, 0.4) is 0 Å². The van der Waals surface area contributed by atoms with Crippen molar-refractivity contribution in [2.24, 2.45) is 15.4 Å². The van der Waals surface area contributed by atoms with Gasteiger partial charge in [-0.2, -0.15) is 13.5 Å². The number of nitrogens with two attached hydrogens (primary N) is 1. The number of fused-ring (bicyclic) bond motifs is 1. The van der Waals surface area contributed by atoms with Gasteiger partial charge < -0.3 is 0 Å². The van der Waals surface area contributed by atoms with Crippen LogP contribution in [0.5, 0.6) is 0 Å². The molecule has 22 heavy (non-hydrogen) atoms. The lowest BCUT2D eigenvalue weighted by Gasteiger charge is -2.18. The number of amides is 1. The fourth-order valence-corrected chi connectivity index (χ4v) is 2.77. The number of benzene rings is 2. The van der Waals surface area contributed by atoms with E-state index in [-0.39, 0.29) is 5.91 Å². The van der Waals surface area contributed by atoms with Gasteiger partial charge in [-0.3, -0.25) is 9.52 Å². The van der Waals surface area contributed by atoms with E-state index in [1.54, 1.807) is 36.4 Å². The monoisotopic (exact) mass is 316 g/mol. The minimum absolute atomic E-state index is 0.350. The molecular formula is C14H12N4O3S. The highest BCUT2D eigenvalue weighted by molar-refractivity contribution is 7.90. The average molecular weight is 316 g/mol. The number of carbonyl (C=O) groups is 1. The molecule has 0 saturated heterocycles. The lowest BCUT2D eigenvalue weighted by Crippen LogP contribution is -2.21. The summed E-state index contributed by atoms with van der Waals surface area (Å²) in [5.41, 5.74) is 2.44. The van der Waals surface area contributed by atoms with Gasteiger partial charge in [-0.1, -0.05) is 30.3 Å². The number of rotatable bonds is 3. The summed E-state index contributed by atoms with van der Waals surface area (Å²) in [6, 6.07) is 13.3. The molecule has 2 aromatic rings. The molecule has 3 N–H and O–H groups in total. The van der Waals surface area contributed by atoms with Crippen LogP contribution in [-0.2, 0) is 10.2 Å². The predicted molar refractivity (Wildman–Crippen MR) is 80.6 cm³/mol. The molecule has 2 aromatic carbocycles. The second-order valence-electron chi connectivity index (χ2n) is 4.78. The number of anilines is 1. The lowest BCUT2D eigenvalue weighted by molar-refractivity contribution is 0.0986. The van der Waals surface area contributed by atoms with Gasteiger partial charge in [-0.05, 0) is 29.3 Å². The van der Waals surface area contributed by atoms with Gasteiger partial charge in [0.2, 0.25) is 0 Å². The van der Waals surface area contributed by atoms with Gasteiger partial charge in [0.25, 0.3) is 16.1 Å². The standard InChI is InChI=1S/C14H12N4O3S/c15-22(20,21)18-10-7-5-9(6-8-10)13-11-3-1-2-4-12(11)14(19)17-16-13/h1-8,13,18H,(H2,15,20,21). The fraction of sp³-hybridized carbons (Fsp3) is 0.0714. The second kappa shape index (κ2) is 5.32. The van der Waals surface area contributed by atoms with Gasteiger partial charge in [0, 0.05) is 11.3 Å². The van der Waals surface area contributed by atoms with Crippen molar-refractivity contribution in [1.82, 2.24) is 0 Å². The maximum absolute atomic E-state index is 11.7. The molecule has 0 bridgehead atoms. The quantitative estimate of drug-likeness (QED) is 0.902. The van der Waals surface area contributed by atoms with Crippen LogP contribution in [0.2, 0.25) is 0 Å². The summed E-state index contributed by atoms with van der Waals surface area (Å²) in [5.74, 6) is -0.362. The highest BCUT2D eigenvalue weighted by Crippen LogP contribution is 2.33. The van der Waals surface area contributed by atoms with E-state index in [2.05, 4.69) is 15.0 Å². The normalized spacial score (nSPS) is 17.1. The Morgan fingerprint density at radius 2 is 1.73 bits per heavy atom. The van der Waals surface area contributed by atoms with E-state index < -0.39 is 16.3 Å². The van der Waals surface area contributed by atoms with E-state index in [1.807, 2.05) is 12.1 Å². The van der Waals surface area contributed by atoms with Crippen molar-refractivity contribution in [2.75, 3.05) is 4.72 Å². The average Bonchev–Trinajstić information content (AvgIpc) is 2.48. The Balaban J connectivity index is 1.95. The molecule has 1 amide bonds. The van der Waals surface area contributed by atoms with Crippen LogP contribution < -0.4 is 9.86 Å². The predicted octanol–water partition coefficient (Wildman–Crippen LogP) is 2.00. The molecule has 3 rings (SSSR count). The van der Waals surface area contributed by atoms with Crippen LogP contribution >= 0.6 is 0 Å². The van der Waals surface area contributed by atoms with Crippen LogP contribution in [0.25, 0.3) is 0 Å². The third kappa shape index (κ3) is 2.87. The van der Waals surface area contributed by atoms with E-state index in [4.69, 9.17) is 5.14 Å². The number of carbonyl (C=O) groups excluding carboxylic acids is 1. The van der Waals surface area contributed by atoms with Crippen molar-refractivity contribution in [2.45, 2.75) is 6.04 Å². The Bertz CT molecular complexity index is 860. The van der Waals surface area contributed by atoms with Gasteiger partial charge in [-0.15, -0.1) is 5.11 Å². The third-order valence-electron chi connectivity index (χ3n) is 3.24. The summed E-state index contributed by atoms with van der Waals surface area (Å²) in [6.07, 6.45) is 0. The maximum Gasteiger partial charge on any atom is 0.296 e. The van der Waals surface area contributed by atoms with Gasteiger partial charge in [0.1, 0.15) is 6.04 Å². The molecule has 8 heteroatoms. The van der Waals surface area contributed by atoms with E-state index in [1.165, 1.54) is 0 Å². The Kier molecular flexibility index (Phi) is 3.47. The van der Waals surface area contributed by atoms with Gasteiger partial charge >= 0.3 is 0 Å². The van der Waals surface area contributed by atoms with Crippen molar-refractivity contribution in [1.29, 1.82) is 0 Å². The number of nitrogens with zero attached hydrogens (tertiary/aromatic N) is 2. The highest BCUT2D eigenvalue weighted by atomic mass is 32.2. The Morgan fingerprint density at radius 3 is 2.41 bits per heavy atom. The molecule has 0 fully saturated rings. The van der Waals surface area contributed by atoms with Crippen molar-refractivity contribution >= 4 is 21.8 Å². The van der Waals surface area contributed by atoms with E-state index in [9.17, 15) is 13.2 Å². The molecule has 1 atom stereocenters. The molecular weight excluding hydrogens is 304 g/mol. The van der Waals surface area contributed by atoms with Crippen molar-refractivity contribution in [3.05, 3.63) is 65.2 Å². The topological polar surface area (TPSA) is 114 Å². The maximum atomic E-state index is 11.7. The summed E-state index contributed by atoms with van der Waals surface area (Å²) in [4.78, 5) is 11.7. The molecule has 0 saturated carbocycles. The van der Waals surface area contributed by atoms with Crippen LogP contribution in [0.1, 0.15) is 27.5 Å². The zero-order valence-corrected chi connectivity index (χ0v) is 12.1. The highest BCUT2D eigenvalue weighted by Gasteiger charge is 2.24. The first-order valence-corrected chi connectivity index (χ1v) is 7.93. The Morgan fingerprint density at radius 1 is 1.05 bits per heavy atom. The number of azo groups is 1.